The van der Waals surface area contributed by atoms with Crippen LogP contribution in [0.4, 0.5) is 40.7 Å². The second kappa shape index (κ2) is 30.4. The first-order valence-electron chi connectivity index (χ1n) is 32.9. The molecule has 2 aromatic heterocycles. The zero-order chi connectivity index (χ0) is 68.8. The lowest BCUT2D eigenvalue weighted by Crippen LogP contribution is -2.56. The van der Waals surface area contributed by atoms with Crippen LogP contribution in [0.1, 0.15) is 110 Å². The molecule has 0 aliphatic carbocycles. The van der Waals surface area contributed by atoms with Crippen molar-refractivity contribution in [1.82, 2.24) is 59.3 Å². The number of alkyl halides is 2. The Balaban J connectivity index is 0.000000213. The van der Waals surface area contributed by atoms with Gasteiger partial charge in [-0.05, 0) is 91.6 Å². The van der Waals surface area contributed by atoms with E-state index in [0.717, 1.165) is 53.1 Å². The highest BCUT2D eigenvalue weighted by Gasteiger charge is 2.47. The lowest BCUT2D eigenvalue weighted by Gasteiger charge is -2.45. The van der Waals surface area contributed by atoms with E-state index in [9.17, 15) is 27.6 Å². The van der Waals surface area contributed by atoms with Gasteiger partial charge in [-0.1, -0.05) is 133 Å². The molecule has 18 nitrogen and oxygen atoms in total. The van der Waals surface area contributed by atoms with Gasteiger partial charge in [0.1, 0.15) is 42.2 Å². The Morgan fingerprint density at radius 3 is 1.33 bits per heavy atom. The highest BCUT2D eigenvalue weighted by atomic mass is 19.2. The molecule has 6 heterocycles. The van der Waals surface area contributed by atoms with Crippen LogP contribution in [0.3, 0.4) is 0 Å². The Morgan fingerprint density at radius 1 is 0.531 bits per heavy atom. The van der Waals surface area contributed by atoms with Crippen molar-refractivity contribution in [3.63, 3.8) is 0 Å². The van der Waals surface area contributed by atoms with Gasteiger partial charge in [-0.3, -0.25) is 0 Å². The molecule has 5 amide bonds. The predicted molar refractivity (Wildman–Crippen MR) is 351 cm³/mol. The van der Waals surface area contributed by atoms with E-state index in [4.69, 9.17) is 29.3 Å². The number of urea groups is 2. The van der Waals surface area contributed by atoms with Crippen molar-refractivity contribution in [3.8, 4) is 22.8 Å². The summed E-state index contributed by atoms with van der Waals surface area (Å²) in [6.45, 7) is 22.0. The number of rotatable bonds is 16. The van der Waals surface area contributed by atoms with E-state index in [1.807, 2.05) is 160 Å². The van der Waals surface area contributed by atoms with Gasteiger partial charge in [0.2, 0.25) is 0 Å². The summed E-state index contributed by atoms with van der Waals surface area (Å²) >= 11 is 0. The molecule has 96 heavy (non-hydrogen) atoms. The lowest BCUT2D eigenvalue weighted by molar-refractivity contribution is -0.0621. The maximum atomic E-state index is 16.1. The van der Waals surface area contributed by atoms with Gasteiger partial charge in [0.05, 0.1) is 67.3 Å². The number of aromatic nitrogens is 6. The maximum Gasteiger partial charge on any atom is 0.410 e. The molecule has 0 radical (unpaired) electrons. The normalized spacial score (nSPS) is 22.1. The van der Waals surface area contributed by atoms with E-state index in [-0.39, 0.29) is 112 Å². The highest BCUT2D eigenvalue weighted by Crippen LogP contribution is 2.43. The van der Waals surface area contributed by atoms with Crippen LogP contribution in [-0.4, -0.2) is 174 Å². The van der Waals surface area contributed by atoms with Gasteiger partial charge in [-0.2, -0.15) is 10.2 Å². The average molecular weight is 1330 g/mol. The Bertz CT molecular complexity index is 3740. The van der Waals surface area contributed by atoms with Gasteiger partial charge in [0, 0.05) is 70.7 Å². The zero-order valence-corrected chi connectivity index (χ0v) is 56.2. The molecule has 1 N–H and O–H groups in total. The number of halogens is 6. The summed E-state index contributed by atoms with van der Waals surface area (Å²) in [4.78, 5) is 60.3. The third kappa shape index (κ3) is 17.2. The first-order chi connectivity index (χ1) is 45.7. The number of morpholine rings is 2. The molecule has 514 valence electrons. The van der Waals surface area contributed by atoms with Crippen LogP contribution in [0, 0.1) is 45.9 Å². The molecule has 10 atom stereocenters. The van der Waals surface area contributed by atoms with Gasteiger partial charge in [0.25, 0.3) is 0 Å². The number of likely N-dealkylation sites (tertiary alicyclic amines) is 1. The number of amides is 5. The van der Waals surface area contributed by atoms with Crippen molar-refractivity contribution in [2.75, 3.05) is 65.4 Å². The van der Waals surface area contributed by atoms with Crippen LogP contribution in [0.5, 0.6) is 0 Å². The standard InChI is InChI=1S/C40H47F3N6O4.C32H41F3N6O2/c1-26-19-46(20-27(2)53-26)38(50)48(23-30-22-47(24-34(30)43)39(51)52-25-29-14-10-7-11-15-29)35(40(3,4)5)37-44-36(32-18-31(41)16-17-33(32)42)45-49(37)21-28-12-8-6-9-13-28;1-20-16-39(17-21(2)43-20)31(42)40(19-23-14-36-15-27(23)35)28(32(3,4)5)30-37-29(25-13-24(33)11-12-26(25)34)38-41(30)18-22-9-7-6-8-10-22/h6-18,26-27,30,34-35H,19-25H2,1-5H3;6-13,20-21,23,27-28,36H,14-19H2,1-5H3/t26-,27+,30-,34-,35-;20-,21+,23-,27-,28-/m00/s1. The second-order valence-electron chi connectivity index (χ2n) is 28.0. The fourth-order valence-electron chi connectivity index (χ4n) is 13.4. The predicted octanol–water partition coefficient (Wildman–Crippen LogP) is 12.9. The average Bonchev–Trinajstić information content (AvgIpc) is 1.11. The minimum atomic E-state index is -1.45. The van der Waals surface area contributed by atoms with E-state index in [1.54, 1.807) is 29.0 Å². The Morgan fingerprint density at radius 2 is 0.938 bits per heavy atom. The van der Waals surface area contributed by atoms with Gasteiger partial charge in [-0.15, -0.1) is 0 Å². The quantitative estimate of drug-likeness (QED) is 0.0914. The van der Waals surface area contributed by atoms with Crippen molar-refractivity contribution >= 4 is 18.2 Å². The maximum absolute atomic E-state index is 16.1. The topological polar surface area (TPSA) is 169 Å². The third-order valence-corrected chi connectivity index (χ3v) is 17.7. The molecule has 0 unspecified atom stereocenters. The van der Waals surface area contributed by atoms with E-state index in [1.165, 1.54) is 4.90 Å². The van der Waals surface area contributed by atoms with Crippen LogP contribution in [-0.2, 0) is 33.9 Å². The minimum Gasteiger partial charge on any atom is -0.445 e. The summed E-state index contributed by atoms with van der Waals surface area (Å²) in [5, 5.41) is 12.5. The molecular weight excluding hydrogens is 1240 g/mol. The van der Waals surface area contributed by atoms with Crippen molar-refractivity contribution in [2.45, 2.75) is 138 Å². The Hall–Kier alpha value is -8.35. The van der Waals surface area contributed by atoms with E-state index in [2.05, 4.69) is 10.4 Å². The van der Waals surface area contributed by atoms with Gasteiger partial charge >= 0.3 is 18.2 Å². The first-order valence-corrected chi connectivity index (χ1v) is 32.9. The largest absolute Gasteiger partial charge is 0.445 e. The number of carbonyl (C=O) groups excluding carboxylic acids is 3. The number of hydrogen-bond donors (Lipinski definition) is 1. The molecular formula is C72H88F6N12O6. The van der Waals surface area contributed by atoms with Crippen molar-refractivity contribution in [2.24, 2.45) is 22.7 Å². The van der Waals surface area contributed by atoms with Gasteiger partial charge < -0.3 is 44.0 Å². The summed E-state index contributed by atoms with van der Waals surface area (Å²) in [7, 11) is 0. The van der Waals surface area contributed by atoms with E-state index in [0.29, 0.717) is 44.4 Å². The lowest BCUT2D eigenvalue weighted by atomic mass is 9.84. The van der Waals surface area contributed by atoms with Gasteiger partial charge in [-0.25, -0.2) is 60.1 Å². The minimum absolute atomic E-state index is 0.0177. The molecule has 4 aliphatic rings. The second-order valence-corrected chi connectivity index (χ2v) is 28.0. The van der Waals surface area contributed by atoms with E-state index < -0.39 is 76.5 Å². The molecule has 0 bridgehead atoms. The van der Waals surface area contributed by atoms with Crippen molar-refractivity contribution in [1.29, 1.82) is 0 Å². The van der Waals surface area contributed by atoms with E-state index >= 15 is 13.2 Å². The number of carbonyl (C=O) groups is 3. The SMILES string of the molecule is C[C@@H]1CN(C(=O)N(C[C@@H]2CN(C(=O)OCc3ccccc3)C[C@@H]2F)[C@@H](c2nc(-c3cc(F)ccc3F)nn2Cc2ccccc2)C(C)(C)C)C[C@H](C)O1.C[C@@H]1CN(C(=O)N(C[C@@H]2CNC[C@@H]2F)[C@@H](c2nc(-c3cc(F)ccc3F)nn2Cc2ccccc2)C(C)(C)C)C[C@H](C)O1. The highest BCUT2D eigenvalue weighted by molar-refractivity contribution is 5.76. The third-order valence-electron chi connectivity index (χ3n) is 17.7. The summed E-state index contributed by atoms with van der Waals surface area (Å²) in [5.74, 6) is -3.07. The fourth-order valence-corrected chi connectivity index (χ4v) is 13.4. The smallest absolute Gasteiger partial charge is 0.410 e. The van der Waals surface area contributed by atoms with Gasteiger partial charge in [0.15, 0.2) is 23.3 Å². The molecule has 0 saturated carbocycles. The van der Waals surface area contributed by atoms with Crippen LogP contribution < -0.4 is 5.32 Å². The monoisotopic (exact) mass is 1330 g/mol. The molecule has 11 rings (SSSR count). The van der Waals surface area contributed by atoms with Crippen LogP contribution >= 0.6 is 0 Å². The Labute approximate surface area is 557 Å². The van der Waals surface area contributed by atoms with Crippen LogP contribution in [0.25, 0.3) is 22.8 Å². The first kappa shape index (κ1) is 70.5. The molecule has 4 fully saturated rings. The summed E-state index contributed by atoms with van der Waals surface area (Å²) < 4.78 is 111. The molecule has 4 saturated heterocycles. The van der Waals surface area contributed by atoms with Crippen molar-refractivity contribution in [3.05, 3.63) is 179 Å². The summed E-state index contributed by atoms with van der Waals surface area (Å²) in [6, 6.07) is 32.5. The molecule has 0 spiro atoms. The molecule has 4 aliphatic heterocycles. The number of ether oxygens (including phenoxy) is 3. The number of nitrogens with zero attached hydrogens (tertiary/aromatic N) is 11. The van der Waals surface area contributed by atoms with Crippen LogP contribution in [0.2, 0.25) is 0 Å². The molecule has 7 aromatic rings. The van der Waals surface area contributed by atoms with Crippen molar-refractivity contribution < 1.29 is 54.9 Å². The molecule has 5 aromatic carbocycles. The summed E-state index contributed by atoms with van der Waals surface area (Å²) in [6.07, 6.45) is -3.99. The number of nitrogens with one attached hydrogen (secondary N) is 1. The fraction of sp³-hybridized carbons (Fsp3) is 0.486. The number of hydrogen-bond acceptors (Lipinski definition) is 11. The zero-order valence-electron chi connectivity index (χ0n) is 56.2. The number of benzene rings is 5. The van der Waals surface area contributed by atoms with Crippen LogP contribution in [0.15, 0.2) is 127 Å². The molecule has 24 heteroatoms. The Kier molecular flexibility index (Phi) is 22.3. The summed E-state index contributed by atoms with van der Waals surface area (Å²) in [5.41, 5.74) is 1.08.